The Labute approximate surface area is 120 Å². The number of ether oxygens (including phenoxy) is 2. The van der Waals surface area contributed by atoms with Crippen molar-refractivity contribution in [1.29, 1.82) is 0 Å². The quantitative estimate of drug-likeness (QED) is 0.805. The van der Waals surface area contributed by atoms with E-state index >= 15 is 0 Å². The lowest BCUT2D eigenvalue weighted by Gasteiger charge is -2.19. The average molecular weight is 280 g/mol. The Balaban J connectivity index is 2.74. The molecule has 0 radical (unpaired) electrons. The second kappa shape index (κ2) is 7.62. The Hall–Kier alpha value is -1.91. The molecule has 2 atom stereocenters. The van der Waals surface area contributed by atoms with Crippen molar-refractivity contribution in [1.82, 2.24) is 5.32 Å². The van der Waals surface area contributed by atoms with E-state index in [-0.39, 0.29) is 18.0 Å². The van der Waals surface area contributed by atoms with E-state index in [2.05, 4.69) is 10.6 Å². The molecule has 0 aliphatic rings. The Morgan fingerprint density at radius 2 is 1.70 bits per heavy atom. The first kappa shape index (κ1) is 16.1. The normalized spacial score (nSPS) is 13.2. The van der Waals surface area contributed by atoms with Crippen LogP contribution in [0.3, 0.4) is 0 Å². The maximum atomic E-state index is 12.0. The molecule has 0 bridgehead atoms. The van der Waals surface area contributed by atoms with Crippen LogP contribution in [-0.4, -0.2) is 32.2 Å². The molecule has 0 aliphatic heterocycles. The zero-order valence-electron chi connectivity index (χ0n) is 12.8. The third-order valence-electron chi connectivity index (χ3n) is 3.13. The smallest absolute Gasteiger partial charge is 0.242 e. The molecule has 0 aromatic heterocycles. The molecule has 112 valence electrons. The van der Waals surface area contributed by atoms with Gasteiger partial charge in [-0.2, -0.15) is 0 Å². The molecule has 0 aliphatic carbocycles. The Bertz CT molecular complexity index is 426. The molecule has 1 rings (SSSR count). The predicted octanol–water partition coefficient (Wildman–Crippen LogP) is 2.42. The third kappa shape index (κ3) is 4.64. The Morgan fingerprint density at radius 1 is 1.15 bits per heavy atom. The van der Waals surface area contributed by atoms with Gasteiger partial charge in [0.1, 0.15) is 17.5 Å². The first-order valence-corrected chi connectivity index (χ1v) is 6.80. The van der Waals surface area contributed by atoms with Crippen LogP contribution in [0, 0.1) is 0 Å². The molecular weight excluding hydrogens is 256 g/mol. The maximum absolute atomic E-state index is 12.0. The summed E-state index contributed by atoms with van der Waals surface area (Å²) in [6.07, 6.45) is 0.908. The summed E-state index contributed by atoms with van der Waals surface area (Å²) in [6.45, 7) is 5.85. The first-order valence-electron chi connectivity index (χ1n) is 6.80. The number of rotatable bonds is 7. The number of anilines is 1. The predicted molar refractivity (Wildman–Crippen MR) is 80.5 cm³/mol. The molecule has 20 heavy (non-hydrogen) atoms. The molecule has 1 aromatic rings. The molecule has 1 aromatic carbocycles. The van der Waals surface area contributed by atoms with Crippen molar-refractivity contribution in [3.63, 3.8) is 0 Å². The molecule has 1 amide bonds. The number of carbonyl (C=O) groups is 1. The van der Waals surface area contributed by atoms with Crippen molar-refractivity contribution < 1.29 is 14.3 Å². The van der Waals surface area contributed by atoms with E-state index in [1.54, 1.807) is 20.3 Å². The minimum absolute atomic E-state index is 0.0267. The Kier molecular flexibility index (Phi) is 6.15. The lowest BCUT2D eigenvalue weighted by atomic mass is 10.2. The lowest BCUT2D eigenvalue weighted by molar-refractivity contribution is -0.122. The standard InChI is InChI=1S/C15H24N2O3/c1-6-10(2)16-15(18)11(3)17-12-7-13(19-4)9-14(8-12)20-5/h7-11,17H,6H2,1-5H3,(H,16,18). The van der Waals surface area contributed by atoms with Crippen LogP contribution in [0.25, 0.3) is 0 Å². The summed E-state index contributed by atoms with van der Waals surface area (Å²) in [5.74, 6) is 1.34. The zero-order valence-corrected chi connectivity index (χ0v) is 12.8. The highest BCUT2D eigenvalue weighted by Gasteiger charge is 2.15. The van der Waals surface area contributed by atoms with Crippen molar-refractivity contribution >= 4 is 11.6 Å². The van der Waals surface area contributed by atoms with Crippen LogP contribution in [0.1, 0.15) is 27.2 Å². The van der Waals surface area contributed by atoms with E-state index in [0.717, 1.165) is 12.1 Å². The fraction of sp³-hybridized carbons (Fsp3) is 0.533. The van der Waals surface area contributed by atoms with Gasteiger partial charge in [0.25, 0.3) is 0 Å². The van der Waals surface area contributed by atoms with Crippen LogP contribution in [0.4, 0.5) is 5.69 Å². The van der Waals surface area contributed by atoms with E-state index in [9.17, 15) is 4.79 Å². The van der Waals surface area contributed by atoms with Crippen molar-refractivity contribution in [2.75, 3.05) is 19.5 Å². The van der Waals surface area contributed by atoms with E-state index in [1.165, 1.54) is 0 Å². The highest BCUT2D eigenvalue weighted by atomic mass is 16.5. The number of amides is 1. The maximum Gasteiger partial charge on any atom is 0.242 e. The summed E-state index contributed by atoms with van der Waals surface area (Å²) < 4.78 is 10.4. The second-order valence-electron chi connectivity index (χ2n) is 4.79. The molecule has 2 N–H and O–H groups in total. The summed E-state index contributed by atoms with van der Waals surface area (Å²) in [4.78, 5) is 12.0. The monoisotopic (exact) mass is 280 g/mol. The van der Waals surface area contributed by atoms with Gasteiger partial charge < -0.3 is 20.1 Å². The first-order chi connectivity index (χ1) is 9.49. The molecule has 0 spiro atoms. The summed E-state index contributed by atoms with van der Waals surface area (Å²) in [7, 11) is 3.19. The van der Waals surface area contributed by atoms with Crippen LogP contribution in [0.15, 0.2) is 18.2 Å². The van der Waals surface area contributed by atoms with Crippen molar-refractivity contribution in [2.24, 2.45) is 0 Å². The fourth-order valence-corrected chi connectivity index (χ4v) is 1.68. The number of hydrogen-bond donors (Lipinski definition) is 2. The van der Waals surface area contributed by atoms with E-state index in [1.807, 2.05) is 32.9 Å². The highest BCUT2D eigenvalue weighted by Crippen LogP contribution is 2.26. The summed E-state index contributed by atoms with van der Waals surface area (Å²) in [6, 6.07) is 5.28. The van der Waals surface area contributed by atoms with Gasteiger partial charge in [0, 0.05) is 29.9 Å². The van der Waals surface area contributed by atoms with E-state index in [4.69, 9.17) is 9.47 Å². The van der Waals surface area contributed by atoms with E-state index in [0.29, 0.717) is 11.5 Å². The van der Waals surface area contributed by atoms with Crippen molar-refractivity contribution in [2.45, 2.75) is 39.3 Å². The van der Waals surface area contributed by atoms with Gasteiger partial charge in [-0.05, 0) is 20.3 Å². The van der Waals surface area contributed by atoms with Gasteiger partial charge in [0.2, 0.25) is 5.91 Å². The number of nitrogens with one attached hydrogen (secondary N) is 2. The van der Waals surface area contributed by atoms with Gasteiger partial charge in [-0.1, -0.05) is 6.92 Å². The minimum atomic E-state index is -0.333. The van der Waals surface area contributed by atoms with Gasteiger partial charge in [-0.15, -0.1) is 0 Å². The largest absolute Gasteiger partial charge is 0.497 e. The molecule has 0 heterocycles. The summed E-state index contributed by atoms with van der Waals surface area (Å²) in [5.41, 5.74) is 0.785. The third-order valence-corrected chi connectivity index (χ3v) is 3.13. The SMILES string of the molecule is CCC(C)NC(=O)C(C)Nc1cc(OC)cc(OC)c1. The van der Waals surface area contributed by atoms with Gasteiger partial charge >= 0.3 is 0 Å². The number of hydrogen-bond acceptors (Lipinski definition) is 4. The number of carbonyl (C=O) groups excluding carboxylic acids is 1. The van der Waals surface area contributed by atoms with Crippen molar-refractivity contribution in [3.05, 3.63) is 18.2 Å². The molecule has 2 unspecified atom stereocenters. The van der Waals surface area contributed by atoms with Crippen LogP contribution in [-0.2, 0) is 4.79 Å². The summed E-state index contributed by atoms with van der Waals surface area (Å²) in [5, 5.41) is 6.09. The molecule has 0 saturated carbocycles. The molecule has 5 nitrogen and oxygen atoms in total. The van der Waals surface area contributed by atoms with Gasteiger partial charge in [-0.3, -0.25) is 4.79 Å². The van der Waals surface area contributed by atoms with Crippen LogP contribution < -0.4 is 20.1 Å². The van der Waals surface area contributed by atoms with Crippen molar-refractivity contribution in [3.8, 4) is 11.5 Å². The topological polar surface area (TPSA) is 59.6 Å². The molecule has 0 saturated heterocycles. The molecule has 0 fully saturated rings. The Morgan fingerprint density at radius 3 is 2.15 bits per heavy atom. The number of methoxy groups -OCH3 is 2. The number of benzene rings is 1. The van der Waals surface area contributed by atoms with Crippen LogP contribution in [0.2, 0.25) is 0 Å². The second-order valence-corrected chi connectivity index (χ2v) is 4.79. The van der Waals surface area contributed by atoms with Crippen LogP contribution in [0.5, 0.6) is 11.5 Å². The zero-order chi connectivity index (χ0) is 15.1. The van der Waals surface area contributed by atoms with Gasteiger partial charge in [0.15, 0.2) is 0 Å². The summed E-state index contributed by atoms with van der Waals surface area (Å²) >= 11 is 0. The van der Waals surface area contributed by atoms with Gasteiger partial charge in [0.05, 0.1) is 14.2 Å². The average Bonchev–Trinajstić information content (AvgIpc) is 2.46. The fourth-order valence-electron chi connectivity index (χ4n) is 1.68. The molecule has 5 heteroatoms. The molecular formula is C15H24N2O3. The lowest BCUT2D eigenvalue weighted by Crippen LogP contribution is -2.41. The highest BCUT2D eigenvalue weighted by molar-refractivity contribution is 5.84. The van der Waals surface area contributed by atoms with Gasteiger partial charge in [-0.25, -0.2) is 0 Å². The minimum Gasteiger partial charge on any atom is -0.497 e. The van der Waals surface area contributed by atoms with E-state index < -0.39 is 0 Å². The van der Waals surface area contributed by atoms with Crippen LogP contribution >= 0.6 is 0 Å².